The van der Waals surface area contributed by atoms with Crippen molar-refractivity contribution >= 4 is 28.8 Å². The quantitative estimate of drug-likeness (QED) is 0.672. The van der Waals surface area contributed by atoms with Gasteiger partial charge < -0.3 is 9.88 Å². The topological polar surface area (TPSA) is 41.0 Å². The van der Waals surface area contributed by atoms with Gasteiger partial charge >= 0.3 is 0 Å². The van der Waals surface area contributed by atoms with Crippen LogP contribution in [-0.4, -0.2) is 22.6 Å². The Balaban J connectivity index is 1.76. The molecule has 0 spiro atoms. The van der Waals surface area contributed by atoms with Crippen LogP contribution < -0.4 is 10.5 Å². The van der Waals surface area contributed by atoms with E-state index >= 15 is 0 Å². The molecule has 3 aromatic rings. The molecule has 0 aliphatic carbocycles. The first-order valence-corrected chi connectivity index (χ1v) is 9.04. The van der Waals surface area contributed by atoms with Crippen LogP contribution in [0.1, 0.15) is 18.9 Å². The molecule has 0 aliphatic rings. The van der Waals surface area contributed by atoms with Gasteiger partial charge in [0.25, 0.3) is 5.56 Å². The van der Waals surface area contributed by atoms with Gasteiger partial charge in [-0.15, -0.1) is 0 Å². The summed E-state index contributed by atoms with van der Waals surface area (Å²) in [5.41, 5.74) is 3.25. The van der Waals surface area contributed by atoms with E-state index in [2.05, 4.69) is 48.0 Å². The molecule has 25 heavy (non-hydrogen) atoms. The zero-order valence-corrected chi connectivity index (χ0v) is 15.5. The van der Waals surface area contributed by atoms with E-state index in [0.717, 1.165) is 25.0 Å². The van der Waals surface area contributed by atoms with E-state index in [0.29, 0.717) is 16.7 Å². The van der Waals surface area contributed by atoms with Crippen molar-refractivity contribution in [1.82, 2.24) is 9.55 Å². The number of H-pyrrole nitrogens is 1. The number of anilines is 1. The zero-order valence-electron chi connectivity index (χ0n) is 14.7. The molecule has 0 unspecified atom stereocenters. The molecular weight excluding hydrogens is 330 g/mol. The number of aromatic amines is 1. The number of nitrogens with one attached hydrogen (secondary N) is 1. The largest absolute Gasteiger partial charge is 0.372 e. The molecule has 0 saturated heterocycles. The molecule has 0 aliphatic heterocycles. The third kappa shape index (κ3) is 3.82. The van der Waals surface area contributed by atoms with Crippen molar-refractivity contribution < 1.29 is 0 Å². The summed E-state index contributed by atoms with van der Waals surface area (Å²) < 4.78 is 2.16. The molecule has 1 heterocycles. The molecule has 0 atom stereocenters. The number of nitrogens with zero attached hydrogens (tertiary/aromatic N) is 2. The van der Waals surface area contributed by atoms with Crippen molar-refractivity contribution in [1.29, 1.82) is 0 Å². The number of aromatic nitrogens is 2. The van der Waals surface area contributed by atoms with Crippen LogP contribution in [0.2, 0.25) is 0 Å². The predicted molar refractivity (Wildman–Crippen MR) is 107 cm³/mol. The summed E-state index contributed by atoms with van der Waals surface area (Å²) in [5, 5.41) is 0.683. The molecule has 3 rings (SSSR count). The molecule has 1 N–H and O–H groups in total. The Hall–Kier alpha value is -2.40. The minimum Gasteiger partial charge on any atom is -0.372 e. The first-order valence-electron chi connectivity index (χ1n) is 8.63. The smallest absolute Gasteiger partial charge is 0.262 e. The Morgan fingerprint density at radius 2 is 1.96 bits per heavy atom. The number of hydrogen-bond donors (Lipinski definition) is 1. The molecule has 4 nitrogen and oxygen atoms in total. The summed E-state index contributed by atoms with van der Waals surface area (Å²) >= 11 is 5.38. The minimum atomic E-state index is -0.0158. The number of fused-ring (bicyclic) bond motifs is 1. The summed E-state index contributed by atoms with van der Waals surface area (Å²) in [4.78, 5) is 18.2. The molecule has 0 saturated carbocycles. The maximum atomic E-state index is 12.7. The minimum absolute atomic E-state index is 0.0158. The van der Waals surface area contributed by atoms with Crippen LogP contribution >= 0.6 is 12.2 Å². The SMILES string of the molecule is CCN(CCCn1c(=S)[nH]c2ccccc2c1=O)c1cccc(C)c1. The van der Waals surface area contributed by atoms with Crippen LogP contribution in [-0.2, 0) is 6.54 Å². The summed E-state index contributed by atoms with van der Waals surface area (Å²) in [7, 11) is 0. The van der Waals surface area contributed by atoms with Gasteiger partial charge in [-0.05, 0) is 62.3 Å². The number of hydrogen-bond acceptors (Lipinski definition) is 3. The van der Waals surface area contributed by atoms with Gasteiger partial charge in [-0.3, -0.25) is 9.36 Å². The molecule has 5 heteroatoms. The van der Waals surface area contributed by atoms with E-state index in [1.807, 2.05) is 24.3 Å². The predicted octanol–water partition coefficient (Wildman–Crippen LogP) is 4.28. The Morgan fingerprint density at radius 3 is 2.72 bits per heavy atom. The first kappa shape index (κ1) is 17.4. The molecular formula is C20H23N3OS. The highest BCUT2D eigenvalue weighted by Crippen LogP contribution is 2.16. The van der Waals surface area contributed by atoms with Gasteiger partial charge in [0, 0.05) is 25.3 Å². The molecule has 0 fully saturated rings. The lowest BCUT2D eigenvalue weighted by atomic mass is 10.2. The van der Waals surface area contributed by atoms with E-state index in [4.69, 9.17) is 12.2 Å². The van der Waals surface area contributed by atoms with Crippen LogP contribution in [0.5, 0.6) is 0 Å². The Bertz CT molecular complexity index is 990. The highest BCUT2D eigenvalue weighted by Gasteiger charge is 2.07. The molecule has 0 radical (unpaired) electrons. The molecule has 2 aromatic carbocycles. The van der Waals surface area contributed by atoms with Crippen LogP contribution in [0.3, 0.4) is 0 Å². The molecule has 0 amide bonds. The molecule has 1 aromatic heterocycles. The first-order chi connectivity index (χ1) is 12.1. The lowest BCUT2D eigenvalue weighted by Crippen LogP contribution is -2.28. The number of aryl methyl sites for hydroxylation is 1. The van der Waals surface area contributed by atoms with Crippen LogP contribution in [0, 0.1) is 11.7 Å². The number of rotatable bonds is 6. The lowest BCUT2D eigenvalue weighted by Gasteiger charge is -2.23. The second-order valence-corrected chi connectivity index (χ2v) is 6.59. The second kappa shape index (κ2) is 7.66. The van der Waals surface area contributed by atoms with E-state index < -0.39 is 0 Å². The Labute approximate surface area is 152 Å². The zero-order chi connectivity index (χ0) is 17.8. The van der Waals surface area contributed by atoms with Crippen molar-refractivity contribution in [3.05, 3.63) is 69.2 Å². The van der Waals surface area contributed by atoms with Gasteiger partial charge in [0.2, 0.25) is 0 Å². The Morgan fingerprint density at radius 1 is 1.16 bits per heavy atom. The van der Waals surface area contributed by atoms with E-state index in [9.17, 15) is 4.79 Å². The van der Waals surface area contributed by atoms with Gasteiger partial charge in [0.05, 0.1) is 10.9 Å². The van der Waals surface area contributed by atoms with Crippen molar-refractivity contribution in [3.63, 3.8) is 0 Å². The van der Waals surface area contributed by atoms with E-state index in [-0.39, 0.29) is 5.56 Å². The van der Waals surface area contributed by atoms with Gasteiger partial charge in [0.15, 0.2) is 4.77 Å². The standard InChI is InChI=1S/C20H23N3OS/c1-3-22(16-9-6-8-15(2)14-16)12-7-13-23-19(24)17-10-4-5-11-18(17)21-20(23)25/h4-6,8-11,14H,3,7,12-13H2,1-2H3,(H,21,25). The van der Waals surface area contributed by atoms with Gasteiger partial charge in [-0.1, -0.05) is 24.3 Å². The molecule has 130 valence electrons. The van der Waals surface area contributed by atoms with Gasteiger partial charge in [0.1, 0.15) is 0 Å². The van der Waals surface area contributed by atoms with Crippen LogP contribution in [0.4, 0.5) is 5.69 Å². The highest BCUT2D eigenvalue weighted by molar-refractivity contribution is 7.71. The summed E-state index contributed by atoms with van der Waals surface area (Å²) in [6, 6.07) is 16.0. The van der Waals surface area contributed by atoms with Crippen molar-refractivity contribution in [2.75, 3.05) is 18.0 Å². The number of para-hydroxylation sites is 1. The normalized spacial score (nSPS) is 11.0. The van der Waals surface area contributed by atoms with Crippen LogP contribution in [0.15, 0.2) is 53.3 Å². The fraction of sp³-hybridized carbons (Fsp3) is 0.300. The fourth-order valence-electron chi connectivity index (χ4n) is 3.12. The summed E-state index contributed by atoms with van der Waals surface area (Å²) in [6.07, 6.45) is 0.859. The Kier molecular flexibility index (Phi) is 5.34. The van der Waals surface area contributed by atoms with E-state index in [1.54, 1.807) is 4.57 Å². The maximum absolute atomic E-state index is 12.7. The lowest BCUT2D eigenvalue weighted by molar-refractivity contribution is 0.599. The highest BCUT2D eigenvalue weighted by atomic mass is 32.1. The third-order valence-corrected chi connectivity index (χ3v) is 4.77. The van der Waals surface area contributed by atoms with Crippen LogP contribution in [0.25, 0.3) is 10.9 Å². The third-order valence-electron chi connectivity index (χ3n) is 4.45. The monoisotopic (exact) mass is 353 g/mol. The molecule has 0 bridgehead atoms. The van der Waals surface area contributed by atoms with Crippen molar-refractivity contribution in [2.24, 2.45) is 0 Å². The summed E-state index contributed by atoms with van der Waals surface area (Å²) in [5.74, 6) is 0. The average molecular weight is 353 g/mol. The van der Waals surface area contributed by atoms with Gasteiger partial charge in [-0.25, -0.2) is 0 Å². The summed E-state index contributed by atoms with van der Waals surface area (Å²) in [6.45, 7) is 6.68. The van der Waals surface area contributed by atoms with E-state index in [1.165, 1.54) is 11.3 Å². The van der Waals surface area contributed by atoms with Gasteiger partial charge in [-0.2, -0.15) is 0 Å². The number of benzene rings is 2. The fourth-order valence-corrected chi connectivity index (χ4v) is 3.40. The second-order valence-electron chi connectivity index (χ2n) is 6.20. The van der Waals surface area contributed by atoms with Crippen molar-refractivity contribution in [3.8, 4) is 0 Å². The van der Waals surface area contributed by atoms with Crippen molar-refractivity contribution in [2.45, 2.75) is 26.8 Å². The average Bonchev–Trinajstić information content (AvgIpc) is 2.61. The maximum Gasteiger partial charge on any atom is 0.262 e.